The first kappa shape index (κ1) is 22.7. The number of fused-ring (bicyclic) bond motifs is 1. The highest BCUT2D eigenvalue weighted by atomic mass is 16.3. The minimum absolute atomic E-state index is 0.0814. The van der Waals surface area contributed by atoms with Gasteiger partial charge in [-0.05, 0) is 6.07 Å². The summed E-state index contributed by atoms with van der Waals surface area (Å²) in [6.45, 7) is 5.85. The van der Waals surface area contributed by atoms with Crippen LogP contribution < -0.4 is 10.6 Å². The van der Waals surface area contributed by atoms with Crippen LogP contribution >= 0.6 is 0 Å². The number of amides is 2. The molecular formula is C23H29N7O3. The fraction of sp³-hybridized carbons (Fsp3) is 0.391. The molecule has 0 radical (unpaired) electrons. The van der Waals surface area contributed by atoms with Crippen molar-refractivity contribution < 1.29 is 14.7 Å². The zero-order valence-corrected chi connectivity index (χ0v) is 18.7. The summed E-state index contributed by atoms with van der Waals surface area (Å²) in [5.74, 6) is 0.973. The topological polar surface area (TPSA) is 126 Å². The van der Waals surface area contributed by atoms with Gasteiger partial charge in [0.15, 0.2) is 5.82 Å². The highest BCUT2D eigenvalue weighted by Gasteiger charge is 2.24. The molecule has 1 fully saturated rings. The van der Waals surface area contributed by atoms with Gasteiger partial charge in [-0.15, -0.1) is 0 Å². The van der Waals surface area contributed by atoms with Crippen LogP contribution in [0.1, 0.15) is 17.4 Å². The first-order valence-corrected chi connectivity index (χ1v) is 11.1. The van der Waals surface area contributed by atoms with Crippen LogP contribution in [0.2, 0.25) is 0 Å². The second kappa shape index (κ2) is 10.4. The first-order valence-electron chi connectivity index (χ1n) is 11.1. The summed E-state index contributed by atoms with van der Waals surface area (Å²) in [4.78, 5) is 40.8. The number of hydrogen-bond acceptors (Lipinski definition) is 7. The average Bonchev–Trinajstić information content (AvgIpc) is 3.27. The molecule has 4 rings (SSSR count). The van der Waals surface area contributed by atoms with Gasteiger partial charge in [0.1, 0.15) is 17.2 Å². The number of hydrogen-bond donors (Lipinski definition) is 4. The zero-order chi connectivity index (χ0) is 23.2. The molecule has 3 aromatic rings. The summed E-state index contributed by atoms with van der Waals surface area (Å²) in [6, 6.07) is 11.4. The van der Waals surface area contributed by atoms with E-state index in [9.17, 15) is 9.59 Å². The summed E-state index contributed by atoms with van der Waals surface area (Å²) in [5.41, 5.74) is 1.91. The van der Waals surface area contributed by atoms with Crippen molar-refractivity contribution >= 4 is 28.7 Å². The molecule has 2 amide bonds. The van der Waals surface area contributed by atoms with Crippen molar-refractivity contribution in [2.45, 2.75) is 6.92 Å². The number of aliphatic hydroxyl groups excluding tert-OH is 1. The van der Waals surface area contributed by atoms with Gasteiger partial charge in [0.25, 0.3) is 5.91 Å². The number of anilines is 1. The van der Waals surface area contributed by atoms with Crippen molar-refractivity contribution in [1.29, 1.82) is 0 Å². The molecule has 33 heavy (non-hydrogen) atoms. The maximum atomic E-state index is 13.1. The fourth-order valence-electron chi connectivity index (χ4n) is 3.88. The minimum Gasteiger partial charge on any atom is -0.395 e. The molecular weight excluding hydrogens is 422 g/mol. The molecule has 1 aliphatic heterocycles. The number of rotatable bonds is 8. The van der Waals surface area contributed by atoms with Gasteiger partial charge in [0, 0.05) is 58.3 Å². The average molecular weight is 452 g/mol. The number of aromatic nitrogens is 3. The van der Waals surface area contributed by atoms with E-state index in [1.807, 2.05) is 35.2 Å². The van der Waals surface area contributed by atoms with Crippen molar-refractivity contribution in [2.24, 2.45) is 0 Å². The number of β-amino-alcohol motifs (C(OH)–C–C–N with tert-alkyl or cyclic N) is 1. The van der Waals surface area contributed by atoms with Crippen LogP contribution in [0.15, 0.2) is 36.4 Å². The number of H-pyrrole nitrogens is 1. The second-order valence-corrected chi connectivity index (χ2v) is 7.97. The number of nitrogens with one attached hydrogen (secondary N) is 3. The van der Waals surface area contributed by atoms with Gasteiger partial charge >= 0.3 is 0 Å². The molecule has 174 valence electrons. The van der Waals surface area contributed by atoms with Gasteiger partial charge in [-0.2, -0.15) is 0 Å². The lowest BCUT2D eigenvalue weighted by Gasteiger charge is -2.34. The SMILES string of the molecule is CC(=O)NCCNc1nc(-c2ccccc2)nc2[nH]c(C(=O)N3CCN(CCO)CC3)cc12. The highest BCUT2D eigenvalue weighted by Crippen LogP contribution is 2.26. The summed E-state index contributed by atoms with van der Waals surface area (Å²) in [5, 5.41) is 15.9. The lowest BCUT2D eigenvalue weighted by Crippen LogP contribution is -2.49. The monoisotopic (exact) mass is 451 g/mol. The van der Waals surface area contributed by atoms with E-state index < -0.39 is 0 Å². The van der Waals surface area contributed by atoms with Gasteiger partial charge < -0.3 is 25.6 Å². The number of aromatic amines is 1. The molecule has 0 aliphatic carbocycles. The van der Waals surface area contributed by atoms with Crippen LogP contribution in [-0.2, 0) is 4.79 Å². The van der Waals surface area contributed by atoms with Crippen LogP contribution in [0.25, 0.3) is 22.4 Å². The molecule has 4 N–H and O–H groups in total. The van der Waals surface area contributed by atoms with E-state index in [1.54, 1.807) is 6.07 Å². The number of nitrogens with zero attached hydrogens (tertiary/aromatic N) is 4. The Kier molecular flexibility index (Phi) is 7.16. The summed E-state index contributed by atoms with van der Waals surface area (Å²) < 4.78 is 0. The standard InChI is InChI=1S/C23H29N7O3/c1-16(32)24-7-8-25-21-18-15-19(23(33)30-11-9-29(10-12-30)13-14-31)26-22(18)28-20(27-21)17-5-3-2-4-6-17/h2-6,15,31H,7-14H2,1H3,(H,24,32)(H2,25,26,27,28). The predicted molar refractivity (Wildman–Crippen MR) is 126 cm³/mol. The van der Waals surface area contributed by atoms with E-state index in [-0.39, 0.29) is 18.4 Å². The largest absolute Gasteiger partial charge is 0.395 e. The molecule has 0 spiro atoms. The van der Waals surface area contributed by atoms with E-state index in [0.717, 1.165) is 24.0 Å². The lowest BCUT2D eigenvalue weighted by molar-refractivity contribution is -0.118. The van der Waals surface area contributed by atoms with E-state index in [1.165, 1.54) is 6.92 Å². The maximum Gasteiger partial charge on any atom is 0.270 e. The molecule has 2 aromatic heterocycles. The van der Waals surface area contributed by atoms with Crippen molar-refractivity contribution in [3.8, 4) is 11.4 Å². The normalized spacial score (nSPS) is 14.4. The number of piperazine rings is 1. The third kappa shape index (κ3) is 5.47. The van der Waals surface area contributed by atoms with E-state index >= 15 is 0 Å². The van der Waals surface area contributed by atoms with Gasteiger partial charge in [-0.1, -0.05) is 30.3 Å². The molecule has 10 nitrogen and oxygen atoms in total. The summed E-state index contributed by atoms with van der Waals surface area (Å²) in [6.07, 6.45) is 0. The van der Waals surface area contributed by atoms with Crippen molar-refractivity contribution in [3.05, 3.63) is 42.1 Å². The third-order valence-electron chi connectivity index (χ3n) is 5.62. The van der Waals surface area contributed by atoms with Crippen LogP contribution in [0, 0.1) is 0 Å². The molecule has 1 aromatic carbocycles. The van der Waals surface area contributed by atoms with Crippen LogP contribution in [0.5, 0.6) is 0 Å². The molecule has 0 saturated carbocycles. The Morgan fingerprint density at radius 3 is 2.55 bits per heavy atom. The minimum atomic E-state index is -0.0942. The molecule has 3 heterocycles. The van der Waals surface area contributed by atoms with Crippen LogP contribution in [0.3, 0.4) is 0 Å². The van der Waals surface area contributed by atoms with Crippen molar-refractivity contribution in [1.82, 2.24) is 30.1 Å². The van der Waals surface area contributed by atoms with E-state index in [2.05, 4.69) is 25.5 Å². The summed E-state index contributed by atoms with van der Waals surface area (Å²) >= 11 is 0. The predicted octanol–water partition coefficient (Wildman–Crippen LogP) is 0.923. The van der Waals surface area contributed by atoms with E-state index in [0.29, 0.717) is 55.7 Å². The molecule has 0 bridgehead atoms. The summed E-state index contributed by atoms with van der Waals surface area (Å²) in [7, 11) is 0. The molecule has 1 saturated heterocycles. The number of carbonyl (C=O) groups is 2. The lowest BCUT2D eigenvalue weighted by atomic mass is 10.2. The first-order chi connectivity index (χ1) is 16.0. The van der Waals surface area contributed by atoms with Gasteiger partial charge in [0.2, 0.25) is 5.91 Å². The van der Waals surface area contributed by atoms with E-state index in [4.69, 9.17) is 10.1 Å². The Morgan fingerprint density at radius 2 is 1.85 bits per heavy atom. The highest BCUT2D eigenvalue weighted by molar-refractivity contribution is 6.00. The van der Waals surface area contributed by atoms with Gasteiger partial charge in [-0.3, -0.25) is 14.5 Å². The van der Waals surface area contributed by atoms with Gasteiger partial charge in [0.05, 0.1) is 12.0 Å². The second-order valence-electron chi connectivity index (χ2n) is 7.97. The van der Waals surface area contributed by atoms with Crippen LogP contribution in [-0.4, -0.2) is 94.1 Å². The molecule has 1 aliphatic rings. The Morgan fingerprint density at radius 1 is 1.09 bits per heavy atom. The molecule has 0 atom stereocenters. The number of carbonyl (C=O) groups excluding carboxylic acids is 2. The maximum absolute atomic E-state index is 13.1. The van der Waals surface area contributed by atoms with Crippen molar-refractivity contribution in [3.63, 3.8) is 0 Å². The Labute approximate surface area is 192 Å². The third-order valence-corrected chi connectivity index (χ3v) is 5.62. The number of benzene rings is 1. The fourth-order valence-corrected chi connectivity index (χ4v) is 3.88. The smallest absolute Gasteiger partial charge is 0.270 e. The van der Waals surface area contributed by atoms with Crippen LogP contribution in [0.4, 0.5) is 5.82 Å². The molecule has 0 unspecified atom stereocenters. The molecule has 10 heteroatoms. The van der Waals surface area contributed by atoms with Crippen molar-refractivity contribution in [2.75, 3.05) is 57.7 Å². The number of aliphatic hydroxyl groups is 1. The Bertz CT molecular complexity index is 1110. The Hall–Kier alpha value is -3.50. The quantitative estimate of drug-likeness (QED) is 0.375. The van der Waals surface area contributed by atoms with Gasteiger partial charge in [-0.25, -0.2) is 9.97 Å². The Balaban J connectivity index is 1.59. The zero-order valence-electron chi connectivity index (χ0n) is 18.7.